The van der Waals surface area contributed by atoms with Crippen molar-refractivity contribution in [3.8, 4) is 11.8 Å². The Bertz CT molecular complexity index is 746. The molecule has 0 radical (unpaired) electrons. The van der Waals surface area contributed by atoms with Gasteiger partial charge in [-0.25, -0.2) is 4.79 Å². The summed E-state index contributed by atoms with van der Waals surface area (Å²) in [6.07, 6.45) is 0. The number of nitriles is 1. The third kappa shape index (κ3) is 3.46. The fourth-order valence-electron chi connectivity index (χ4n) is 1.71. The molecule has 2 aromatic carbocycles. The van der Waals surface area contributed by atoms with Crippen LogP contribution in [0.15, 0.2) is 52.7 Å². The van der Waals surface area contributed by atoms with E-state index in [1.165, 1.54) is 14.2 Å². The lowest BCUT2D eigenvalue weighted by molar-refractivity contribution is 0.0601. The SMILES string of the molecule is COC(=O)c1ccc(N=Nc2ccc(OC)cc2C#N)cc1. The molecule has 2 rings (SSSR count). The van der Waals surface area contributed by atoms with Gasteiger partial charge in [0.05, 0.1) is 31.0 Å². The van der Waals surface area contributed by atoms with Crippen LogP contribution in [-0.2, 0) is 4.74 Å². The van der Waals surface area contributed by atoms with E-state index >= 15 is 0 Å². The number of benzene rings is 2. The van der Waals surface area contributed by atoms with E-state index in [0.717, 1.165) is 0 Å². The van der Waals surface area contributed by atoms with Crippen LogP contribution in [-0.4, -0.2) is 20.2 Å². The van der Waals surface area contributed by atoms with E-state index in [-0.39, 0.29) is 0 Å². The van der Waals surface area contributed by atoms with Crippen LogP contribution in [0.1, 0.15) is 15.9 Å². The number of hydrogen-bond donors (Lipinski definition) is 0. The normalized spacial score (nSPS) is 10.2. The maximum absolute atomic E-state index is 11.3. The molecule has 2 aromatic rings. The highest BCUT2D eigenvalue weighted by Crippen LogP contribution is 2.26. The van der Waals surface area contributed by atoms with Gasteiger partial charge < -0.3 is 9.47 Å². The summed E-state index contributed by atoms with van der Waals surface area (Å²) in [5.41, 5.74) is 1.81. The predicted molar refractivity (Wildman–Crippen MR) is 79.7 cm³/mol. The quantitative estimate of drug-likeness (QED) is 0.634. The monoisotopic (exact) mass is 295 g/mol. The van der Waals surface area contributed by atoms with Gasteiger partial charge in [0.2, 0.25) is 0 Å². The van der Waals surface area contributed by atoms with Crippen molar-refractivity contribution in [3.63, 3.8) is 0 Å². The zero-order valence-corrected chi connectivity index (χ0v) is 12.1. The number of carbonyl (C=O) groups excluding carboxylic acids is 1. The van der Waals surface area contributed by atoms with Crippen LogP contribution < -0.4 is 4.74 Å². The predicted octanol–water partition coefficient (Wildman–Crippen LogP) is 3.77. The first kappa shape index (κ1) is 15.2. The van der Waals surface area contributed by atoms with Crippen LogP contribution in [0.5, 0.6) is 5.75 Å². The molecular weight excluding hydrogens is 282 g/mol. The van der Waals surface area contributed by atoms with Gasteiger partial charge in [0.25, 0.3) is 0 Å². The van der Waals surface area contributed by atoms with Crippen molar-refractivity contribution in [2.45, 2.75) is 0 Å². The molecule has 0 fully saturated rings. The molecule has 0 spiro atoms. The molecular formula is C16H13N3O3. The van der Waals surface area contributed by atoms with Gasteiger partial charge in [0.1, 0.15) is 17.5 Å². The zero-order chi connectivity index (χ0) is 15.9. The lowest BCUT2D eigenvalue weighted by atomic mass is 10.2. The number of rotatable bonds is 4. The highest BCUT2D eigenvalue weighted by Gasteiger charge is 2.05. The number of nitrogens with zero attached hydrogens (tertiary/aromatic N) is 3. The summed E-state index contributed by atoms with van der Waals surface area (Å²) < 4.78 is 9.67. The molecule has 0 amide bonds. The van der Waals surface area contributed by atoms with E-state index < -0.39 is 5.97 Å². The molecule has 0 aliphatic heterocycles. The summed E-state index contributed by atoms with van der Waals surface area (Å²) in [4.78, 5) is 11.3. The fourth-order valence-corrected chi connectivity index (χ4v) is 1.71. The molecule has 0 aliphatic carbocycles. The molecule has 0 aromatic heterocycles. The van der Waals surface area contributed by atoms with Gasteiger partial charge in [-0.1, -0.05) is 0 Å². The Morgan fingerprint density at radius 1 is 1.09 bits per heavy atom. The summed E-state index contributed by atoms with van der Waals surface area (Å²) in [6, 6.07) is 13.5. The third-order valence-corrected chi connectivity index (χ3v) is 2.89. The van der Waals surface area contributed by atoms with Crippen molar-refractivity contribution >= 4 is 17.3 Å². The Hall–Kier alpha value is -3.20. The molecule has 0 aliphatic rings. The standard InChI is InChI=1S/C16H13N3O3/c1-21-14-7-8-15(12(9-14)10-17)19-18-13-5-3-11(4-6-13)16(20)22-2/h3-9H,1-2H3. The minimum Gasteiger partial charge on any atom is -0.497 e. The number of carbonyl (C=O) groups is 1. The smallest absolute Gasteiger partial charge is 0.337 e. The minimum absolute atomic E-state index is 0.370. The van der Waals surface area contributed by atoms with Gasteiger partial charge in [-0.05, 0) is 36.4 Å². The molecule has 110 valence electrons. The molecule has 6 heteroatoms. The highest BCUT2D eigenvalue weighted by molar-refractivity contribution is 5.89. The molecule has 0 heterocycles. The second kappa shape index (κ2) is 6.99. The maximum Gasteiger partial charge on any atom is 0.337 e. The molecule has 0 unspecified atom stereocenters. The van der Waals surface area contributed by atoms with Crippen LogP contribution in [0.3, 0.4) is 0 Å². The average molecular weight is 295 g/mol. The van der Waals surface area contributed by atoms with Gasteiger partial charge in [0.15, 0.2) is 0 Å². The first-order chi connectivity index (χ1) is 10.7. The Morgan fingerprint density at radius 2 is 1.82 bits per heavy atom. The summed E-state index contributed by atoms with van der Waals surface area (Å²) in [5.74, 6) is 0.170. The van der Waals surface area contributed by atoms with Gasteiger partial charge in [0, 0.05) is 6.07 Å². The highest BCUT2D eigenvalue weighted by atomic mass is 16.5. The van der Waals surface area contributed by atoms with Crippen molar-refractivity contribution in [2.24, 2.45) is 10.2 Å². The average Bonchev–Trinajstić information content (AvgIpc) is 2.59. The third-order valence-electron chi connectivity index (χ3n) is 2.89. The molecule has 22 heavy (non-hydrogen) atoms. The zero-order valence-electron chi connectivity index (χ0n) is 12.1. The van der Waals surface area contributed by atoms with E-state index in [0.29, 0.717) is 28.3 Å². The maximum atomic E-state index is 11.3. The molecule has 0 saturated carbocycles. The fraction of sp³-hybridized carbons (Fsp3) is 0.125. The Balaban J connectivity index is 2.22. The first-order valence-corrected chi connectivity index (χ1v) is 6.36. The van der Waals surface area contributed by atoms with Crippen LogP contribution in [0.4, 0.5) is 11.4 Å². The number of ether oxygens (including phenoxy) is 2. The lowest BCUT2D eigenvalue weighted by Gasteiger charge is -2.01. The van der Waals surface area contributed by atoms with E-state index in [2.05, 4.69) is 15.0 Å². The van der Waals surface area contributed by atoms with E-state index in [4.69, 9.17) is 10.00 Å². The van der Waals surface area contributed by atoms with Crippen LogP contribution in [0, 0.1) is 11.3 Å². The number of azo groups is 1. The Labute approximate surface area is 127 Å². The van der Waals surface area contributed by atoms with Crippen molar-refractivity contribution < 1.29 is 14.3 Å². The van der Waals surface area contributed by atoms with Crippen molar-refractivity contribution in [1.29, 1.82) is 5.26 Å². The minimum atomic E-state index is -0.412. The van der Waals surface area contributed by atoms with Crippen LogP contribution in [0.25, 0.3) is 0 Å². The Morgan fingerprint density at radius 3 is 2.41 bits per heavy atom. The van der Waals surface area contributed by atoms with Crippen LogP contribution >= 0.6 is 0 Å². The second-order valence-electron chi connectivity index (χ2n) is 4.23. The molecule has 0 saturated heterocycles. The van der Waals surface area contributed by atoms with Crippen molar-refractivity contribution in [3.05, 3.63) is 53.6 Å². The van der Waals surface area contributed by atoms with Gasteiger partial charge >= 0.3 is 5.97 Å². The van der Waals surface area contributed by atoms with E-state index in [1.807, 2.05) is 6.07 Å². The second-order valence-corrected chi connectivity index (χ2v) is 4.23. The topological polar surface area (TPSA) is 84.0 Å². The summed E-state index contributed by atoms with van der Waals surface area (Å²) in [6.45, 7) is 0. The lowest BCUT2D eigenvalue weighted by Crippen LogP contribution is -1.99. The van der Waals surface area contributed by atoms with Gasteiger partial charge in [-0.2, -0.15) is 10.4 Å². The summed E-state index contributed by atoms with van der Waals surface area (Å²) in [5, 5.41) is 17.2. The van der Waals surface area contributed by atoms with Crippen molar-refractivity contribution in [1.82, 2.24) is 0 Å². The Kier molecular flexibility index (Phi) is 4.83. The largest absolute Gasteiger partial charge is 0.497 e. The van der Waals surface area contributed by atoms with Crippen molar-refractivity contribution in [2.75, 3.05) is 14.2 Å². The molecule has 0 atom stereocenters. The molecule has 6 nitrogen and oxygen atoms in total. The van der Waals surface area contributed by atoms with Gasteiger partial charge in [-0.15, -0.1) is 5.11 Å². The molecule has 0 bridgehead atoms. The first-order valence-electron chi connectivity index (χ1n) is 6.36. The summed E-state index contributed by atoms with van der Waals surface area (Å²) in [7, 11) is 2.85. The van der Waals surface area contributed by atoms with Gasteiger partial charge in [-0.3, -0.25) is 0 Å². The number of hydrogen-bond acceptors (Lipinski definition) is 6. The van der Waals surface area contributed by atoms with E-state index in [9.17, 15) is 4.79 Å². The van der Waals surface area contributed by atoms with Crippen LogP contribution in [0.2, 0.25) is 0 Å². The van der Waals surface area contributed by atoms with E-state index in [1.54, 1.807) is 42.5 Å². The summed E-state index contributed by atoms with van der Waals surface area (Å²) >= 11 is 0. The number of methoxy groups -OCH3 is 2. The molecule has 0 N–H and O–H groups in total. The number of esters is 1.